The third-order valence-electron chi connectivity index (χ3n) is 29.1. The zero-order chi connectivity index (χ0) is 51.6. The van der Waals surface area contributed by atoms with Gasteiger partial charge in [-0.2, -0.15) is 0 Å². The molecule has 0 saturated carbocycles. The van der Waals surface area contributed by atoms with Gasteiger partial charge < -0.3 is 30.4 Å². The smallest absolute Gasteiger partial charge is 0.0701 e. The molecule has 4 N–H and O–H groups in total. The predicted molar refractivity (Wildman–Crippen MR) is 341 cm³/mol. The molecule has 4 unspecified atom stereocenters. The van der Waals surface area contributed by atoms with Crippen molar-refractivity contribution in [2.75, 3.05) is 105 Å². The van der Waals surface area contributed by atoms with E-state index in [-0.39, 0.29) is 21.7 Å². The number of benzene rings is 16. The Morgan fingerprint density at radius 1 is 0.202 bits per heavy atom. The Hall–Kier alpha value is -7.60. The number of hydrogen-bond donors (Lipinski definition) is 2. The van der Waals surface area contributed by atoms with Gasteiger partial charge in [0.15, 0.2) is 0 Å². The molecule has 8 heteroatoms. The Balaban J connectivity index is 0.900. The van der Waals surface area contributed by atoms with E-state index in [1.54, 1.807) is 303 Å². The summed E-state index contributed by atoms with van der Waals surface area (Å²) >= 11 is 0. The second kappa shape index (κ2) is 9.43. The van der Waals surface area contributed by atoms with Gasteiger partial charge in [-0.1, -0.05) is 0 Å². The van der Waals surface area contributed by atoms with Crippen molar-refractivity contribution < 1.29 is 18.9 Å². The molecule has 0 radical (unpaired) electrons. The molecule has 4 atom stereocenters. The van der Waals surface area contributed by atoms with E-state index >= 15 is 0 Å². The summed E-state index contributed by atoms with van der Waals surface area (Å²) in [5, 5.41) is 80.5. The van der Waals surface area contributed by atoms with Crippen LogP contribution in [0.1, 0.15) is 44.5 Å². The summed E-state index contributed by atoms with van der Waals surface area (Å²) in [6, 6.07) is 0. The molecular weight excluding hydrogens is 1030 g/mol. The van der Waals surface area contributed by atoms with E-state index in [9.17, 15) is 0 Å². The van der Waals surface area contributed by atoms with E-state index in [2.05, 4.69) is 9.80 Å². The minimum atomic E-state index is -0.257. The van der Waals surface area contributed by atoms with E-state index in [0.29, 0.717) is 65.9 Å². The lowest BCUT2D eigenvalue weighted by Gasteiger charge is -2.49. The molecule has 0 amide bonds. The van der Waals surface area contributed by atoms with Crippen LogP contribution in [0.2, 0.25) is 0 Å². The topological polar surface area (TPSA) is 95.4 Å². The minimum absolute atomic E-state index is 0.250. The van der Waals surface area contributed by atoms with Crippen molar-refractivity contribution >= 4 is 259 Å². The maximum absolute atomic E-state index is 6.63. The van der Waals surface area contributed by atoms with Crippen molar-refractivity contribution in [3.63, 3.8) is 0 Å². The first-order valence-electron chi connectivity index (χ1n) is 31.9. The molecule has 0 aromatic heterocycles. The molecule has 84 heavy (non-hydrogen) atoms. The van der Waals surface area contributed by atoms with E-state index in [0.717, 1.165) is 39.3 Å². The van der Waals surface area contributed by atoms with Crippen LogP contribution in [0.5, 0.6) is 0 Å². The number of rotatable bonds is 16. The van der Waals surface area contributed by atoms with Crippen LogP contribution < -0.4 is 11.5 Å². The zero-order valence-corrected chi connectivity index (χ0v) is 45.0. The Labute approximate surface area is 467 Å². The van der Waals surface area contributed by atoms with Gasteiger partial charge in [0.25, 0.3) is 0 Å². The van der Waals surface area contributed by atoms with Crippen molar-refractivity contribution in [1.29, 1.82) is 0 Å². The van der Waals surface area contributed by atoms with Crippen LogP contribution >= 0.6 is 0 Å². The first kappa shape index (κ1) is 37.0. The highest BCUT2D eigenvalue weighted by Crippen LogP contribution is 2.88. The van der Waals surface area contributed by atoms with E-state index in [1.807, 2.05) is 0 Å². The number of nitrogens with two attached hydrogens (primary N) is 2. The zero-order valence-electron chi connectivity index (χ0n) is 45.0. The lowest BCUT2D eigenvalue weighted by atomic mass is 9.50. The molecule has 384 valence electrons. The van der Waals surface area contributed by atoms with Crippen LogP contribution in [0.3, 0.4) is 0 Å². The monoisotopic (exact) mass is 1070 g/mol. The summed E-state index contributed by atoms with van der Waals surface area (Å²) in [4.78, 5) is 5.94. The SMILES string of the molecule is NCCOCCOCCN1CC23c4c5c6c7c8c9c%10c%11c%12c%13c%14c%15c(c6c6c4c4c%16c%17c%18c(c%19c%20c2c5c8c2c%20c5c%19c8c%18c%18c%19c%17c%17c4c6c%15c4c%14c6c%12c%12c%14c%11c(c92)c5c%14c8c%18c%12c6c%19c4%17)C%163C1)C71CN(CCOCCOCCN)CC%10%131. The number of likely N-dealkylation sites (tertiary alicyclic amines) is 2. The fourth-order valence-electron chi connectivity index (χ4n) is 28.8. The highest BCUT2D eigenvalue weighted by atomic mass is 16.5. The summed E-state index contributed by atoms with van der Waals surface area (Å²) < 4.78 is 25.0. The molecule has 2 aliphatic heterocycles. The lowest BCUT2D eigenvalue weighted by molar-refractivity contribution is 0.0428. The summed E-state index contributed by atoms with van der Waals surface area (Å²) in [5.41, 5.74) is 24.9. The second-order valence-corrected chi connectivity index (χ2v) is 30.1. The molecule has 24 aromatic rings. The molecule has 8 aliphatic carbocycles. The average Bonchev–Trinajstić information content (AvgIpc) is 1.38. The largest absolute Gasteiger partial charge is 0.378 e. The van der Waals surface area contributed by atoms with Crippen molar-refractivity contribution in [1.82, 2.24) is 9.80 Å². The first-order valence-corrected chi connectivity index (χ1v) is 31.9. The normalized spacial score (nSPS) is 25.9. The fraction of sp³-hybridized carbons (Fsp3) is 0.263. The summed E-state index contributed by atoms with van der Waals surface area (Å²) in [5.74, 6) is 0. The van der Waals surface area contributed by atoms with Crippen LogP contribution in [0.15, 0.2) is 0 Å². The van der Waals surface area contributed by atoms with Crippen LogP contribution in [0, 0.1) is 0 Å². The molecule has 8 nitrogen and oxygen atoms in total. The van der Waals surface area contributed by atoms with Crippen molar-refractivity contribution in [2.24, 2.45) is 11.5 Å². The number of hydrogen-bond acceptors (Lipinski definition) is 8. The molecule has 2 heterocycles. The van der Waals surface area contributed by atoms with Crippen molar-refractivity contribution in [3.05, 3.63) is 44.5 Å². The highest BCUT2D eigenvalue weighted by molar-refractivity contribution is 6.78. The van der Waals surface area contributed by atoms with Gasteiger partial charge >= 0.3 is 0 Å². The fourth-order valence-corrected chi connectivity index (χ4v) is 28.8. The lowest BCUT2D eigenvalue weighted by Crippen LogP contribution is -2.51. The van der Waals surface area contributed by atoms with Gasteiger partial charge in [-0.25, -0.2) is 0 Å². The first-order chi connectivity index (χ1) is 41.8. The van der Waals surface area contributed by atoms with E-state index in [1.165, 1.54) is 0 Å². The molecular formula is C76H36N4O4. The number of nitrogens with zero attached hydrogens (tertiary/aromatic N) is 2. The summed E-state index contributed by atoms with van der Waals surface area (Å²) in [6.07, 6.45) is 0. The van der Waals surface area contributed by atoms with Crippen molar-refractivity contribution in [3.8, 4) is 0 Å². The standard InChI is InChI=1S/C76H36N4O4/c77-1-5-81-9-11-83-7-3-79-13-73-65-49-37-25-17-18-22-19-23-31-39(27(19)25)51(49)67(73)57-45(31)36-44-34(23)42-30(22)38-26(18)28-20-21(17)29(37)41-33-24(20)32-40(28)52-50(38)66-54(42)56(44)70-62-47(36)59(57)71-63-61-48-35(43(33)55(53(41)65)69(61)75(71,73)15-79)46(32)58-60(48)72(64(62)63)76(70)16-80(14-74(66,76)68(52)58)4-8-84-12-10-82-6-2-78/h1-16,77-78H2. The van der Waals surface area contributed by atoms with E-state index in [4.69, 9.17) is 30.4 Å². The van der Waals surface area contributed by atoms with Crippen LogP contribution in [-0.4, -0.2) is 115 Å². The van der Waals surface area contributed by atoms with Gasteiger partial charge in [0, 0.05) is 52.4 Å². The maximum Gasteiger partial charge on any atom is 0.0701 e. The molecule has 10 aliphatic rings. The van der Waals surface area contributed by atoms with Crippen molar-refractivity contribution in [2.45, 2.75) is 21.7 Å². The summed E-state index contributed by atoms with van der Waals surface area (Å²) in [6.45, 7) is 12.0. The number of ether oxygens (including phenoxy) is 4. The highest BCUT2D eigenvalue weighted by Gasteiger charge is 2.77. The molecule has 24 aromatic carbocycles. The second-order valence-electron chi connectivity index (χ2n) is 30.1. The van der Waals surface area contributed by atoms with Crippen LogP contribution in [0.4, 0.5) is 0 Å². The van der Waals surface area contributed by atoms with Crippen LogP contribution in [-0.2, 0) is 40.6 Å². The van der Waals surface area contributed by atoms with Gasteiger partial charge in [0.05, 0.1) is 74.5 Å². The quantitative estimate of drug-likeness (QED) is 0.0730. The summed E-state index contributed by atoms with van der Waals surface area (Å²) in [7, 11) is 0. The van der Waals surface area contributed by atoms with Gasteiger partial charge in [-0.3, -0.25) is 9.80 Å². The van der Waals surface area contributed by atoms with Gasteiger partial charge in [-0.15, -0.1) is 0 Å². The Morgan fingerprint density at radius 3 is 0.524 bits per heavy atom. The third kappa shape index (κ3) is 2.31. The Morgan fingerprint density at radius 2 is 0.345 bits per heavy atom. The van der Waals surface area contributed by atoms with Crippen LogP contribution in [0.25, 0.3) is 259 Å². The maximum atomic E-state index is 6.63. The Bertz CT molecular complexity index is 7080. The molecule has 2 fully saturated rings. The van der Waals surface area contributed by atoms with Gasteiger partial charge in [0.1, 0.15) is 0 Å². The molecule has 4 spiro atoms. The van der Waals surface area contributed by atoms with Gasteiger partial charge in [-0.05, 0) is 303 Å². The molecule has 2 saturated heterocycles. The van der Waals surface area contributed by atoms with Gasteiger partial charge in [0.2, 0.25) is 0 Å². The molecule has 0 bridgehead atoms. The molecule has 34 rings (SSSR count). The average molecular weight is 1070 g/mol. The van der Waals surface area contributed by atoms with E-state index < -0.39 is 0 Å². The Kier molecular flexibility index (Phi) is 4.15. The minimum Gasteiger partial charge on any atom is -0.378 e. The third-order valence-corrected chi connectivity index (χ3v) is 29.1. The predicted octanol–water partition coefficient (Wildman–Crippen LogP) is 13.5.